The lowest BCUT2D eigenvalue weighted by Gasteiger charge is -2.20. The highest BCUT2D eigenvalue weighted by Crippen LogP contribution is 2.15. The average molecular weight is 299 g/mol. The molecule has 0 fully saturated rings. The molecule has 9 heteroatoms. The number of nitrogens with zero attached hydrogens (tertiary/aromatic N) is 2. The first-order valence-electron chi connectivity index (χ1n) is 6.33. The summed E-state index contributed by atoms with van der Waals surface area (Å²) in [5.41, 5.74) is 5.30. The SMILES string of the molecule is Cn1ncc(NC(=O)C(O)CNC(=O)OC(C)(C)C)c1N. The van der Waals surface area contributed by atoms with Crippen molar-refractivity contribution in [1.82, 2.24) is 15.1 Å². The second kappa shape index (κ2) is 6.44. The molecule has 0 bridgehead atoms. The summed E-state index contributed by atoms with van der Waals surface area (Å²) in [6, 6.07) is 0. The van der Waals surface area contributed by atoms with Gasteiger partial charge in [-0.25, -0.2) is 4.79 Å². The number of nitrogens with two attached hydrogens (primary N) is 1. The molecule has 1 atom stereocenters. The van der Waals surface area contributed by atoms with Gasteiger partial charge in [0.25, 0.3) is 5.91 Å². The molecule has 0 saturated carbocycles. The first kappa shape index (κ1) is 16.8. The van der Waals surface area contributed by atoms with Crippen molar-refractivity contribution in [3.63, 3.8) is 0 Å². The van der Waals surface area contributed by atoms with Crippen molar-refractivity contribution >= 4 is 23.5 Å². The lowest BCUT2D eigenvalue weighted by Crippen LogP contribution is -2.41. The molecule has 0 aliphatic carbocycles. The number of hydrogen-bond donors (Lipinski definition) is 4. The number of aliphatic hydroxyl groups is 1. The summed E-state index contributed by atoms with van der Waals surface area (Å²) in [6.07, 6.45) is -0.784. The Hall–Kier alpha value is -2.29. The van der Waals surface area contributed by atoms with Crippen molar-refractivity contribution in [3.8, 4) is 0 Å². The highest BCUT2D eigenvalue weighted by atomic mass is 16.6. The normalized spacial score (nSPS) is 12.6. The Morgan fingerprint density at radius 2 is 2.14 bits per heavy atom. The van der Waals surface area contributed by atoms with Crippen LogP contribution in [0, 0.1) is 0 Å². The van der Waals surface area contributed by atoms with E-state index in [1.165, 1.54) is 10.9 Å². The summed E-state index contributed by atoms with van der Waals surface area (Å²) in [7, 11) is 1.62. The molecule has 0 aromatic carbocycles. The molecule has 21 heavy (non-hydrogen) atoms. The standard InChI is InChI=1S/C12H21N5O4/c1-12(2,3)21-11(20)14-6-8(18)10(19)16-7-5-15-17(4)9(7)13/h5,8,18H,6,13H2,1-4H3,(H,14,20)(H,16,19). The predicted octanol–water partition coefficient (Wildman–Crippen LogP) is -0.174. The van der Waals surface area contributed by atoms with Crippen molar-refractivity contribution in [1.29, 1.82) is 0 Å². The van der Waals surface area contributed by atoms with Crippen LogP contribution in [0.1, 0.15) is 20.8 Å². The molecule has 5 N–H and O–H groups in total. The molecule has 118 valence electrons. The van der Waals surface area contributed by atoms with E-state index in [1.807, 2.05) is 0 Å². The van der Waals surface area contributed by atoms with Crippen molar-refractivity contribution in [3.05, 3.63) is 6.20 Å². The Morgan fingerprint density at radius 1 is 1.52 bits per heavy atom. The van der Waals surface area contributed by atoms with E-state index in [9.17, 15) is 14.7 Å². The summed E-state index contributed by atoms with van der Waals surface area (Å²) in [4.78, 5) is 23.1. The average Bonchev–Trinajstić information content (AvgIpc) is 2.65. The Balaban J connectivity index is 2.45. The van der Waals surface area contributed by atoms with E-state index in [4.69, 9.17) is 10.5 Å². The van der Waals surface area contributed by atoms with E-state index >= 15 is 0 Å². The van der Waals surface area contributed by atoms with Crippen LogP contribution in [0.3, 0.4) is 0 Å². The van der Waals surface area contributed by atoms with Crippen LogP contribution in [0.15, 0.2) is 6.20 Å². The summed E-state index contributed by atoms with van der Waals surface area (Å²) in [5.74, 6) is -0.443. The number of anilines is 2. The van der Waals surface area contributed by atoms with Crippen molar-refractivity contribution < 1.29 is 19.4 Å². The van der Waals surface area contributed by atoms with Crippen LogP contribution in [-0.2, 0) is 16.6 Å². The molecular formula is C12H21N5O4. The molecule has 9 nitrogen and oxygen atoms in total. The topological polar surface area (TPSA) is 132 Å². The number of amides is 2. The molecule has 0 aliphatic rings. The number of aryl methyl sites for hydroxylation is 1. The number of carbonyl (C=O) groups is 2. The number of aromatic nitrogens is 2. The molecule has 0 radical (unpaired) electrons. The van der Waals surface area contributed by atoms with Gasteiger partial charge in [-0.1, -0.05) is 0 Å². The van der Waals surface area contributed by atoms with Crippen molar-refractivity contribution in [2.45, 2.75) is 32.5 Å². The van der Waals surface area contributed by atoms with Gasteiger partial charge >= 0.3 is 6.09 Å². The molecule has 1 aromatic heterocycles. The molecule has 1 heterocycles. The van der Waals surface area contributed by atoms with Gasteiger partial charge in [-0.05, 0) is 20.8 Å². The maximum Gasteiger partial charge on any atom is 0.407 e. The Morgan fingerprint density at radius 3 is 2.62 bits per heavy atom. The van der Waals surface area contributed by atoms with Gasteiger partial charge in [-0.3, -0.25) is 9.48 Å². The van der Waals surface area contributed by atoms with Crippen molar-refractivity contribution in [2.75, 3.05) is 17.6 Å². The zero-order chi connectivity index (χ0) is 16.2. The summed E-state index contributed by atoms with van der Waals surface area (Å²) in [6.45, 7) is 4.85. The lowest BCUT2D eigenvalue weighted by molar-refractivity contribution is -0.123. The Labute approximate surface area is 122 Å². The Kier molecular flexibility index (Phi) is 5.14. The predicted molar refractivity (Wildman–Crippen MR) is 76.5 cm³/mol. The lowest BCUT2D eigenvalue weighted by atomic mass is 10.2. The van der Waals surface area contributed by atoms with E-state index in [0.29, 0.717) is 5.69 Å². The quantitative estimate of drug-likeness (QED) is 0.610. The van der Waals surface area contributed by atoms with Gasteiger partial charge in [0.15, 0.2) is 0 Å². The number of nitrogens with one attached hydrogen (secondary N) is 2. The van der Waals surface area contributed by atoms with Gasteiger partial charge in [-0.15, -0.1) is 0 Å². The van der Waals surface area contributed by atoms with Crippen LogP contribution in [-0.4, -0.2) is 45.1 Å². The number of alkyl carbamates (subject to hydrolysis) is 1. The van der Waals surface area contributed by atoms with Gasteiger partial charge < -0.3 is 26.2 Å². The smallest absolute Gasteiger partial charge is 0.407 e. The highest BCUT2D eigenvalue weighted by molar-refractivity contribution is 5.96. The number of nitrogen functional groups attached to an aromatic ring is 1. The number of ether oxygens (including phenoxy) is 1. The first-order valence-corrected chi connectivity index (χ1v) is 6.33. The van der Waals surface area contributed by atoms with E-state index in [1.54, 1.807) is 27.8 Å². The number of carbonyl (C=O) groups excluding carboxylic acids is 2. The summed E-state index contributed by atoms with van der Waals surface area (Å²) < 4.78 is 6.36. The number of aliphatic hydroxyl groups excluding tert-OH is 1. The van der Waals surface area contributed by atoms with Crippen LogP contribution < -0.4 is 16.4 Å². The van der Waals surface area contributed by atoms with Crippen LogP contribution in [0.4, 0.5) is 16.3 Å². The van der Waals surface area contributed by atoms with E-state index in [-0.39, 0.29) is 12.4 Å². The van der Waals surface area contributed by atoms with Gasteiger partial charge in [-0.2, -0.15) is 5.10 Å². The van der Waals surface area contributed by atoms with Gasteiger partial charge in [0, 0.05) is 7.05 Å². The zero-order valence-corrected chi connectivity index (χ0v) is 12.5. The third kappa shape index (κ3) is 5.30. The third-order valence-corrected chi connectivity index (χ3v) is 2.38. The number of rotatable bonds is 4. The van der Waals surface area contributed by atoms with Crippen LogP contribution >= 0.6 is 0 Å². The zero-order valence-electron chi connectivity index (χ0n) is 12.5. The van der Waals surface area contributed by atoms with Crippen molar-refractivity contribution in [2.24, 2.45) is 7.05 Å². The van der Waals surface area contributed by atoms with Gasteiger partial charge in [0.2, 0.25) is 0 Å². The van der Waals surface area contributed by atoms with E-state index in [0.717, 1.165) is 0 Å². The fraction of sp³-hybridized carbons (Fsp3) is 0.583. The minimum absolute atomic E-state index is 0.260. The number of hydrogen-bond acceptors (Lipinski definition) is 6. The van der Waals surface area contributed by atoms with E-state index in [2.05, 4.69) is 15.7 Å². The maximum absolute atomic E-state index is 11.7. The van der Waals surface area contributed by atoms with Crippen LogP contribution in [0.25, 0.3) is 0 Å². The molecule has 1 unspecified atom stereocenters. The van der Waals surface area contributed by atoms with Crippen LogP contribution in [0.2, 0.25) is 0 Å². The fourth-order valence-electron chi connectivity index (χ4n) is 1.35. The molecular weight excluding hydrogens is 278 g/mol. The minimum Gasteiger partial charge on any atom is -0.444 e. The monoisotopic (exact) mass is 299 g/mol. The van der Waals surface area contributed by atoms with Gasteiger partial charge in [0.05, 0.1) is 12.7 Å². The summed E-state index contributed by atoms with van der Waals surface area (Å²) in [5, 5.41) is 18.2. The summed E-state index contributed by atoms with van der Waals surface area (Å²) >= 11 is 0. The Bertz CT molecular complexity index is 520. The van der Waals surface area contributed by atoms with E-state index < -0.39 is 23.7 Å². The fourth-order valence-corrected chi connectivity index (χ4v) is 1.35. The third-order valence-electron chi connectivity index (χ3n) is 2.38. The van der Waals surface area contributed by atoms with Crippen LogP contribution in [0.5, 0.6) is 0 Å². The molecule has 2 amide bonds. The molecule has 0 spiro atoms. The molecule has 0 aliphatic heterocycles. The second-order valence-electron chi connectivity index (χ2n) is 5.45. The minimum atomic E-state index is -1.43. The molecule has 1 rings (SSSR count). The molecule has 0 saturated heterocycles. The van der Waals surface area contributed by atoms with Gasteiger partial charge in [0.1, 0.15) is 23.2 Å². The largest absolute Gasteiger partial charge is 0.444 e. The second-order valence-corrected chi connectivity index (χ2v) is 5.45. The highest BCUT2D eigenvalue weighted by Gasteiger charge is 2.20. The molecule has 1 aromatic rings. The first-order chi connectivity index (χ1) is 9.60. The maximum atomic E-state index is 11.7.